The van der Waals surface area contributed by atoms with Gasteiger partial charge in [0.2, 0.25) is 11.8 Å². The van der Waals surface area contributed by atoms with Crippen molar-refractivity contribution in [1.29, 1.82) is 0 Å². The molecule has 44 heavy (non-hydrogen) atoms. The number of anilines is 2. The SMILES string of the molecule is CC(=O)Nc1cc(Oc2ccc3c(C(=O)Nc4ccc(CN5CCN(C6CC6)CC5)c(C(F)(F)F)c4)cccc3c2)ncn1. The summed E-state index contributed by atoms with van der Waals surface area (Å²) in [5, 5.41) is 6.49. The minimum Gasteiger partial charge on any atom is -0.439 e. The number of carbonyl (C=O) groups is 2. The van der Waals surface area contributed by atoms with Crippen molar-refractivity contribution >= 4 is 34.1 Å². The lowest BCUT2D eigenvalue weighted by molar-refractivity contribution is -0.138. The van der Waals surface area contributed by atoms with E-state index in [1.165, 1.54) is 44.3 Å². The van der Waals surface area contributed by atoms with Crippen LogP contribution in [0, 0.1) is 0 Å². The largest absolute Gasteiger partial charge is 0.439 e. The molecule has 2 heterocycles. The van der Waals surface area contributed by atoms with Crippen LogP contribution in [0.2, 0.25) is 0 Å². The van der Waals surface area contributed by atoms with Crippen molar-refractivity contribution < 1.29 is 27.5 Å². The summed E-state index contributed by atoms with van der Waals surface area (Å²) in [7, 11) is 0. The summed E-state index contributed by atoms with van der Waals surface area (Å²) in [6.45, 7) is 4.79. The second kappa shape index (κ2) is 12.2. The molecule has 228 valence electrons. The van der Waals surface area contributed by atoms with Crippen LogP contribution in [0.5, 0.6) is 11.6 Å². The number of hydrogen-bond acceptors (Lipinski definition) is 7. The monoisotopic (exact) mass is 604 g/mol. The lowest BCUT2D eigenvalue weighted by Gasteiger charge is -2.35. The lowest BCUT2D eigenvalue weighted by atomic mass is 10.0. The number of hydrogen-bond donors (Lipinski definition) is 2. The van der Waals surface area contributed by atoms with Gasteiger partial charge in [0, 0.05) is 63.0 Å². The number of nitrogens with one attached hydrogen (secondary N) is 2. The molecule has 0 bridgehead atoms. The second-order valence-electron chi connectivity index (χ2n) is 11.1. The number of piperazine rings is 1. The van der Waals surface area contributed by atoms with Crippen molar-refractivity contribution in [1.82, 2.24) is 19.8 Å². The van der Waals surface area contributed by atoms with Crippen molar-refractivity contribution in [2.24, 2.45) is 0 Å². The number of benzene rings is 3. The molecule has 9 nitrogen and oxygen atoms in total. The van der Waals surface area contributed by atoms with Crippen LogP contribution in [0.4, 0.5) is 24.7 Å². The van der Waals surface area contributed by atoms with Gasteiger partial charge in [-0.1, -0.05) is 18.2 Å². The third-order valence-corrected chi connectivity index (χ3v) is 7.80. The molecule has 4 aromatic rings. The molecule has 0 spiro atoms. The van der Waals surface area contributed by atoms with Crippen LogP contribution in [-0.2, 0) is 17.5 Å². The van der Waals surface area contributed by atoms with Gasteiger partial charge in [-0.05, 0) is 65.6 Å². The van der Waals surface area contributed by atoms with Crippen molar-refractivity contribution in [2.45, 2.75) is 38.5 Å². The Morgan fingerprint density at radius 2 is 1.75 bits per heavy atom. The number of halogens is 3. The van der Waals surface area contributed by atoms with Gasteiger partial charge >= 0.3 is 6.18 Å². The van der Waals surface area contributed by atoms with Crippen LogP contribution in [0.3, 0.4) is 0 Å². The van der Waals surface area contributed by atoms with Gasteiger partial charge in [-0.2, -0.15) is 13.2 Å². The zero-order chi connectivity index (χ0) is 30.8. The Morgan fingerprint density at radius 1 is 0.955 bits per heavy atom. The summed E-state index contributed by atoms with van der Waals surface area (Å²) in [5.74, 6) is 0.116. The van der Waals surface area contributed by atoms with Crippen LogP contribution < -0.4 is 15.4 Å². The van der Waals surface area contributed by atoms with Crippen molar-refractivity contribution in [3.63, 3.8) is 0 Å². The van der Waals surface area contributed by atoms with E-state index >= 15 is 0 Å². The maximum atomic E-state index is 14.1. The number of alkyl halides is 3. The molecule has 1 saturated heterocycles. The molecule has 0 atom stereocenters. The zero-order valence-corrected chi connectivity index (χ0v) is 24.0. The van der Waals surface area contributed by atoms with Gasteiger partial charge in [0.15, 0.2) is 0 Å². The maximum Gasteiger partial charge on any atom is 0.416 e. The number of carbonyl (C=O) groups excluding carboxylic acids is 2. The van der Waals surface area contributed by atoms with Crippen LogP contribution in [0.15, 0.2) is 67.0 Å². The number of fused-ring (bicyclic) bond motifs is 1. The maximum absolute atomic E-state index is 14.1. The normalized spacial score (nSPS) is 16.1. The Bertz CT molecular complexity index is 1700. The van der Waals surface area contributed by atoms with Gasteiger partial charge in [-0.25, -0.2) is 9.97 Å². The van der Waals surface area contributed by atoms with Crippen LogP contribution >= 0.6 is 0 Å². The summed E-state index contributed by atoms with van der Waals surface area (Å²) in [5.41, 5.74) is -0.178. The molecule has 2 aliphatic rings. The van der Waals surface area contributed by atoms with Crippen LogP contribution in [0.1, 0.15) is 41.3 Å². The number of rotatable bonds is 8. The third kappa shape index (κ3) is 6.98. The highest BCUT2D eigenvalue weighted by Crippen LogP contribution is 2.35. The Balaban J connectivity index is 1.17. The average Bonchev–Trinajstić information content (AvgIpc) is 3.83. The first-order chi connectivity index (χ1) is 21.1. The van der Waals surface area contributed by atoms with Gasteiger partial charge in [0.05, 0.1) is 5.56 Å². The molecule has 1 saturated carbocycles. The van der Waals surface area contributed by atoms with E-state index in [2.05, 4.69) is 30.4 Å². The summed E-state index contributed by atoms with van der Waals surface area (Å²) in [6, 6.07) is 16.3. The van der Waals surface area contributed by atoms with Gasteiger partial charge in [-0.3, -0.25) is 19.4 Å². The average molecular weight is 605 g/mol. The fourth-order valence-corrected chi connectivity index (χ4v) is 5.51. The number of ether oxygens (including phenoxy) is 1. The molecule has 12 heteroatoms. The van der Waals surface area contributed by atoms with Gasteiger partial charge in [0.25, 0.3) is 5.91 Å². The van der Waals surface area contributed by atoms with E-state index in [0.717, 1.165) is 32.2 Å². The van der Waals surface area contributed by atoms with Crippen molar-refractivity contribution in [3.8, 4) is 11.6 Å². The molecule has 6 rings (SSSR count). The van der Waals surface area contributed by atoms with Crippen molar-refractivity contribution in [3.05, 3.63) is 83.7 Å². The molecule has 2 amide bonds. The Hall–Kier alpha value is -4.55. The second-order valence-corrected chi connectivity index (χ2v) is 11.1. The molecule has 2 N–H and O–H groups in total. The van der Waals surface area contributed by atoms with E-state index in [9.17, 15) is 22.8 Å². The van der Waals surface area contributed by atoms with E-state index in [4.69, 9.17) is 4.74 Å². The molecule has 1 aromatic heterocycles. The topological polar surface area (TPSA) is 99.7 Å². The van der Waals surface area contributed by atoms with Crippen molar-refractivity contribution in [2.75, 3.05) is 36.8 Å². The summed E-state index contributed by atoms with van der Waals surface area (Å²) in [4.78, 5) is 37.1. The molecule has 1 aliphatic heterocycles. The highest BCUT2D eigenvalue weighted by atomic mass is 19.4. The molecule has 3 aromatic carbocycles. The summed E-state index contributed by atoms with van der Waals surface area (Å²) in [6.07, 6.45) is -0.871. The Morgan fingerprint density at radius 3 is 2.48 bits per heavy atom. The van der Waals surface area contributed by atoms with E-state index < -0.39 is 17.6 Å². The smallest absolute Gasteiger partial charge is 0.416 e. The minimum atomic E-state index is -4.56. The first-order valence-electron chi connectivity index (χ1n) is 14.4. The predicted molar refractivity (Wildman–Crippen MR) is 160 cm³/mol. The summed E-state index contributed by atoms with van der Waals surface area (Å²) < 4.78 is 48.2. The highest BCUT2D eigenvalue weighted by molar-refractivity contribution is 6.13. The zero-order valence-electron chi connectivity index (χ0n) is 24.0. The van der Waals surface area contributed by atoms with Gasteiger partial charge in [0.1, 0.15) is 17.9 Å². The number of aromatic nitrogens is 2. The molecule has 1 aliphatic carbocycles. The quantitative estimate of drug-likeness (QED) is 0.257. The predicted octanol–water partition coefficient (Wildman–Crippen LogP) is 5.93. The third-order valence-electron chi connectivity index (χ3n) is 7.80. The molecular formula is C32H31F3N6O3. The first-order valence-corrected chi connectivity index (χ1v) is 14.4. The Kier molecular flexibility index (Phi) is 8.19. The van der Waals surface area contributed by atoms with E-state index in [-0.39, 0.29) is 35.4 Å². The molecular weight excluding hydrogens is 573 g/mol. The van der Waals surface area contributed by atoms with E-state index in [0.29, 0.717) is 28.1 Å². The minimum absolute atomic E-state index is 0.0697. The lowest BCUT2D eigenvalue weighted by Crippen LogP contribution is -2.46. The van der Waals surface area contributed by atoms with Gasteiger partial charge in [-0.15, -0.1) is 0 Å². The fourth-order valence-electron chi connectivity index (χ4n) is 5.51. The standard InChI is InChI=1S/C32H31F3N6O3/c1-20(42)38-29-17-30(37-19-36-29)44-25-9-10-26-21(15-25)3-2-4-27(26)31(43)39-23-6-5-22(28(16-23)32(33,34)35)18-40-11-13-41(14-12-40)24-7-8-24/h2-6,9-10,15-17,19,24H,7-8,11-14,18H2,1H3,(H,39,43)(H,36,37,38,42). The molecule has 0 unspecified atom stereocenters. The van der Waals surface area contributed by atoms with Gasteiger partial charge < -0.3 is 15.4 Å². The number of nitrogens with zero attached hydrogens (tertiary/aromatic N) is 4. The van der Waals surface area contributed by atoms with E-state index in [1.807, 2.05) is 0 Å². The fraction of sp³-hybridized carbons (Fsp3) is 0.312. The highest BCUT2D eigenvalue weighted by Gasteiger charge is 2.35. The molecule has 0 radical (unpaired) electrons. The van der Waals surface area contributed by atoms with Crippen LogP contribution in [0.25, 0.3) is 10.8 Å². The molecule has 2 fully saturated rings. The first kappa shape index (κ1) is 29.5. The van der Waals surface area contributed by atoms with Crippen LogP contribution in [-0.4, -0.2) is 63.8 Å². The van der Waals surface area contributed by atoms with E-state index in [1.54, 1.807) is 36.4 Å². The summed E-state index contributed by atoms with van der Waals surface area (Å²) >= 11 is 0. The number of amides is 2. The Labute approximate surface area is 252 Å².